The van der Waals surface area contributed by atoms with Crippen LogP contribution < -0.4 is 10.4 Å². The van der Waals surface area contributed by atoms with Crippen molar-refractivity contribution in [3.63, 3.8) is 0 Å². The number of halogens is 3. The van der Waals surface area contributed by atoms with Crippen molar-refractivity contribution in [1.82, 2.24) is 0 Å². The monoisotopic (exact) mass is 420 g/mol. The summed E-state index contributed by atoms with van der Waals surface area (Å²) in [5.74, 6) is 2.04. The third kappa shape index (κ3) is 7.20. The molecule has 0 radical (unpaired) electrons. The highest BCUT2D eigenvalue weighted by Gasteiger charge is 2.37. The number of carbonyl (C=O) groups excluding carboxylic acids is 1. The highest BCUT2D eigenvalue weighted by molar-refractivity contribution is 7.99. The van der Waals surface area contributed by atoms with Crippen LogP contribution >= 0.6 is 11.8 Å². The van der Waals surface area contributed by atoms with Gasteiger partial charge in [-0.2, -0.15) is 24.9 Å². The van der Waals surface area contributed by atoms with Crippen molar-refractivity contribution in [3.05, 3.63) is 39.7 Å². The number of hydrogen-bond acceptors (Lipinski definition) is 6. The molecule has 0 N–H and O–H groups in total. The first-order chi connectivity index (χ1) is 13.3. The van der Waals surface area contributed by atoms with Gasteiger partial charge in [-0.25, -0.2) is 4.79 Å². The molecule has 1 heterocycles. The van der Waals surface area contributed by atoms with Gasteiger partial charge in [0.1, 0.15) is 23.2 Å². The van der Waals surface area contributed by atoms with E-state index in [0.717, 1.165) is 17.8 Å². The molecule has 0 aliphatic carbocycles. The summed E-state index contributed by atoms with van der Waals surface area (Å²) in [5, 5.41) is 0.240. The minimum atomic E-state index is -4.74. The van der Waals surface area contributed by atoms with Crippen molar-refractivity contribution in [2.75, 3.05) is 31.8 Å². The first-order valence-corrected chi connectivity index (χ1v) is 9.69. The van der Waals surface area contributed by atoms with Gasteiger partial charge in [0.15, 0.2) is 0 Å². The van der Waals surface area contributed by atoms with E-state index in [1.54, 1.807) is 24.9 Å². The molecule has 1 aromatic heterocycles. The fraction of sp³-hybridized carbons (Fsp3) is 0.474. The maximum atomic E-state index is 12.9. The molecule has 0 spiro atoms. The van der Waals surface area contributed by atoms with Gasteiger partial charge in [-0.15, -0.1) is 0 Å². The van der Waals surface area contributed by atoms with Crippen LogP contribution in [0.3, 0.4) is 0 Å². The number of fused-ring (bicyclic) bond motifs is 1. The molecule has 156 valence electrons. The summed E-state index contributed by atoms with van der Waals surface area (Å²) in [6.07, 6.45) is -3.23. The van der Waals surface area contributed by atoms with Gasteiger partial charge in [-0.1, -0.05) is 6.92 Å². The molecule has 2 rings (SSSR count). The Bertz CT molecular complexity index is 818. The first kappa shape index (κ1) is 24.0. The predicted octanol–water partition coefficient (Wildman–Crippen LogP) is 4.47. The lowest BCUT2D eigenvalue weighted by atomic mass is 10.1. The highest BCUT2D eigenvalue weighted by atomic mass is 32.2. The van der Waals surface area contributed by atoms with Gasteiger partial charge in [0.2, 0.25) is 0 Å². The van der Waals surface area contributed by atoms with Gasteiger partial charge < -0.3 is 18.7 Å². The topological polar surface area (TPSA) is 65.7 Å². The maximum absolute atomic E-state index is 12.9. The van der Waals surface area contributed by atoms with Gasteiger partial charge in [-0.05, 0) is 24.6 Å². The fourth-order valence-electron chi connectivity index (χ4n) is 2.22. The van der Waals surface area contributed by atoms with E-state index in [9.17, 15) is 22.8 Å². The van der Waals surface area contributed by atoms with Crippen LogP contribution in [0.5, 0.6) is 5.75 Å². The number of rotatable bonds is 8. The summed E-state index contributed by atoms with van der Waals surface area (Å²) in [6.45, 7) is 4.17. The number of benzene rings is 1. The molecule has 28 heavy (non-hydrogen) atoms. The second kappa shape index (κ2) is 11.8. The van der Waals surface area contributed by atoms with Gasteiger partial charge in [-0.3, -0.25) is 0 Å². The van der Waals surface area contributed by atoms with Gasteiger partial charge in [0.25, 0.3) is 0 Å². The Kier molecular flexibility index (Phi) is 10.1. The lowest BCUT2D eigenvalue weighted by molar-refractivity contribution is -0.140. The third-order valence-electron chi connectivity index (χ3n) is 3.52. The van der Waals surface area contributed by atoms with Crippen molar-refractivity contribution in [1.29, 1.82) is 0 Å². The van der Waals surface area contributed by atoms with E-state index in [-0.39, 0.29) is 16.5 Å². The lowest BCUT2D eigenvalue weighted by Gasteiger charge is -2.11. The van der Waals surface area contributed by atoms with E-state index in [4.69, 9.17) is 13.9 Å². The van der Waals surface area contributed by atoms with E-state index < -0.39 is 17.4 Å². The minimum absolute atomic E-state index is 0.0787. The molecule has 0 atom stereocenters. The number of aryl methyl sites for hydroxylation is 1. The van der Waals surface area contributed by atoms with E-state index in [0.29, 0.717) is 25.4 Å². The summed E-state index contributed by atoms with van der Waals surface area (Å²) in [6, 6.07) is 4.47. The molecule has 0 saturated heterocycles. The standard InChI is InChI=1S/C16H17F3O4S.C3H6O/c1-10-12-4-3-11(22-6-8-24-7-5-21-2)9-13(12)23-15(20)14(10)16(17,18)19;1-2-3-4/h3-4,9H,5-8H2,1-2H3;3H,2H2,1H3. The fourth-order valence-corrected chi connectivity index (χ4v) is 2.91. The van der Waals surface area contributed by atoms with Gasteiger partial charge >= 0.3 is 11.8 Å². The van der Waals surface area contributed by atoms with Crippen LogP contribution in [0.25, 0.3) is 11.0 Å². The van der Waals surface area contributed by atoms with Crippen LogP contribution in [0.1, 0.15) is 24.5 Å². The lowest BCUT2D eigenvalue weighted by Crippen LogP contribution is -2.20. The average Bonchev–Trinajstić information content (AvgIpc) is 2.63. The number of carbonyl (C=O) groups is 1. The van der Waals surface area contributed by atoms with Crippen molar-refractivity contribution in [3.8, 4) is 5.75 Å². The minimum Gasteiger partial charge on any atom is -0.493 e. The summed E-state index contributed by atoms with van der Waals surface area (Å²) < 4.78 is 54.0. The number of hydrogen-bond donors (Lipinski definition) is 0. The van der Waals surface area contributed by atoms with Crippen LogP contribution in [0.15, 0.2) is 27.4 Å². The van der Waals surface area contributed by atoms with E-state index in [1.807, 2.05) is 6.92 Å². The average molecular weight is 420 g/mol. The Labute approximate surface area is 165 Å². The number of thioether (sulfide) groups is 1. The molecule has 0 saturated carbocycles. The molecule has 5 nitrogen and oxygen atoms in total. The molecule has 9 heteroatoms. The zero-order chi connectivity index (χ0) is 21.2. The molecule has 0 fully saturated rings. The molecular weight excluding hydrogens is 397 g/mol. The van der Waals surface area contributed by atoms with E-state index in [1.165, 1.54) is 19.1 Å². The Balaban J connectivity index is 0.000000892. The van der Waals surface area contributed by atoms with E-state index >= 15 is 0 Å². The number of aldehydes is 1. The van der Waals surface area contributed by atoms with Crippen LogP contribution in [-0.4, -0.2) is 38.1 Å². The molecular formula is C19H23F3O5S. The Morgan fingerprint density at radius 1 is 1.21 bits per heavy atom. The number of methoxy groups -OCH3 is 1. The van der Waals surface area contributed by atoms with Gasteiger partial charge in [0, 0.05) is 36.5 Å². The van der Waals surface area contributed by atoms with Crippen LogP contribution in [0.4, 0.5) is 13.2 Å². The molecule has 0 unspecified atom stereocenters. The van der Waals surface area contributed by atoms with Crippen molar-refractivity contribution in [2.45, 2.75) is 26.4 Å². The summed E-state index contributed by atoms with van der Waals surface area (Å²) >= 11 is 1.66. The van der Waals surface area contributed by atoms with Crippen molar-refractivity contribution >= 4 is 29.0 Å². The quantitative estimate of drug-likeness (QED) is 0.357. The zero-order valence-electron chi connectivity index (χ0n) is 15.9. The largest absolute Gasteiger partial charge is 0.493 e. The first-order valence-electron chi connectivity index (χ1n) is 8.54. The Morgan fingerprint density at radius 2 is 1.86 bits per heavy atom. The van der Waals surface area contributed by atoms with Crippen LogP contribution in [-0.2, 0) is 15.7 Å². The summed E-state index contributed by atoms with van der Waals surface area (Å²) in [7, 11) is 1.63. The second-order valence-corrected chi connectivity index (χ2v) is 6.80. The SMILES string of the molecule is CCC=O.COCCSCCOc1ccc2c(C)c(C(F)(F)F)c(=O)oc2c1. The molecule has 0 amide bonds. The molecule has 0 bridgehead atoms. The highest BCUT2D eigenvalue weighted by Crippen LogP contribution is 2.33. The molecule has 2 aromatic rings. The third-order valence-corrected chi connectivity index (χ3v) is 4.43. The second-order valence-electron chi connectivity index (χ2n) is 5.57. The molecule has 0 aliphatic rings. The number of alkyl halides is 3. The van der Waals surface area contributed by atoms with Crippen molar-refractivity contribution < 1.29 is 31.9 Å². The summed E-state index contributed by atoms with van der Waals surface area (Å²) in [4.78, 5) is 20.8. The van der Waals surface area contributed by atoms with Crippen molar-refractivity contribution in [2.24, 2.45) is 0 Å². The predicted molar refractivity (Wildman–Crippen MR) is 103 cm³/mol. The normalized spacial score (nSPS) is 11.1. The summed E-state index contributed by atoms with van der Waals surface area (Å²) in [5.41, 5.74) is -2.72. The molecule has 0 aliphatic heterocycles. The van der Waals surface area contributed by atoms with Crippen LogP contribution in [0.2, 0.25) is 0 Å². The molecule has 1 aromatic carbocycles. The maximum Gasteiger partial charge on any atom is 0.423 e. The van der Waals surface area contributed by atoms with Gasteiger partial charge in [0.05, 0.1) is 13.2 Å². The van der Waals surface area contributed by atoms with Crippen LogP contribution in [0, 0.1) is 6.92 Å². The Hall–Kier alpha value is -2.00. The smallest absolute Gasteiger partial charge is 0.423 e. The zero-order valence-corrected chi connectivity index (χ0v) is 16.7. The Morgan fingerprint density at radius 3 is 2.43 bits per heavy atom. The van der Waals surface area contributed by atoms with E-state index in [2.05, 4.69) is 0 Å². The number of ether oxygens (including phenoxy) is 2.